The van der Waals surface area contributed by atoms with Gasteiger partial charge in [-0.25, -0.2) is 4.79 Å². The zero-order valence-electron chi connectivity index (χ0n) is 17.7. The summed E-state index contributed by atoms with van der Waals surface area (Å²) in [6.45, 7) is 4.17. The minimum atomic E-state index is -0.419. The molecule has 0 saturated heterocycles. The number of aryl methyl sites for hydroxylation is 2. The zero-order valence-corrected chi connectivity index (χ0v) is 17.7. The molecule has 0 N–H and O–H groups in total. The first-order valence-corrected chi connectivity index (χ1v) is 10.3. The van der Waals surface area contributed by atoms with Gasteiger partial charge < -0.3 is 13.6 Å². The monoisotopic (exact) mass is 424 g/mol. The van der Waals surface area contributed by atoms with E-state index in [1.807, 2.05) is 56.3 Å². The van der Waals surface area contributed by atoms with E-state index in [2.05, 4.69) is 0 Å². The normalized spacial score (nSPS) is 11.2. The van der Waals surface area contributed by atoms with Crippen molar-refractivity contribution in [2.24, 2.45) is 0 Å². The Labute approximate surface area is 183 Å². The van der Waals surface area contributed by atoms with E-state index >= 15 is 0 Å². The van der Waals surface area contributed by atoms with Gasteiger partial charge in [0.25, 0.3) is 0 Å². The first-order valence-electron chi connectivity index (χ1n) is 10.3. The summed E-state index contributed by atoms with van der Waals surface area (Å²) >= 11 is 0. The zero-order chi connectivity index (χ0) is 22.2. The summed E-state index contributed by atoms with van der Waals surface area (Å²) < 4.78 is 17.0. The van der Waals surface area contributed by atoms with Crippen LogP contribution in [-0.2, 0) is 6.61 Å². The van der Waals surface area contributed by atoms with E-state index in [9.17, 15) is 9.59 Å². The molecule has 0 bridgehead atoms. The lowest BCUT2D eigenvalue weighted by Gasteiger charge is -2.10. The molecule has 5 heteroatoms. The fourth-order valence-corrected chi connectivity index (χ4v) is 3.78. The second kappa shape index (κ2) is 7.85. The standard InChI is InChI=1S/C27H20O5/c1-16-10-22-19(12-26(28)32-25(22)11-17(16)2)14-30-20-8-9-21-24(13-20)31-15-23(27(21)29)18-6-4-3-5-7-18/h3-13,15H,14H2,1-2H3. The fraction of sp³-hybridized carbons (Fsp3) is 0.111. The number of hydrogen-bond donors (Lipinski definition) is 0. The van der Waals surface area contributed by atoms with E-state index in [0.29, 0.717) is 27.9 Å². The van der Waals surface area contributed by atoms with Gasteiger partial charge in [-0.3, -0.25) is 4.79 Å². The van der Waals surface area contributed by atoms with Crippen molar-refractivity contribution in [3.05, 3.63) is 110 Å². The highest BCUT2D eigenvalue weighted by Gasteiger charge is 2.12. The average molecular weight is 424 g/mol. The molecule has 32 heavy (non-hydrogen) atoms. The van der Waals surface area contributed by atoms with E-state index in [-0.39, 0.29) is 12.0 Å². The summed E-state index contributed by atoms with van der Waals surface area (Å²) in [7, 11) is 0. The van der Waals surface area contributed by atoms with E-state index in [4.69, 9.17) is 13.6 Å². The number of hydrogen-bond acceptors (Lipinski definition) is 5. The first kappa shape index (κ1) is 19.8. The molecule has 0 fully saturated rings. The van der Waals surface area contributed by atoms with E-state index in [1.165, 1.54) is 12.3 Å². The van der Waals surface area contributed by atoms with Crippen molar-refractivity contribution in [1.82, 2.24) is 0 Å². The lowest BCUT2D eigenvalue weighted by molar-refractivity contribution is 0.306. The van der Waals surface area contributed by atoms with Gasteiger partial charge in [0.2, 0.25) is 0 Å². The quantitative estimate of drug-likeness (QED) is 0.343. The molecule has 0 atom stereocenters. The molecule has 0 spiro atoms. The third-order valence-corrected chi connectivity index (χ3v) is 5.67. The predicted octanol–water partition coefficient (Wildman–Crippen LogP) is 5.76. The summed E-state index contributed by atoms with van der Waals surface area (Å²) in [6.07, 6.45) is 1.48. The van der Waals surface area contributed by atoms with Gasteiger partial charge in [-0.05, 0) is 54.8 Å². The molecule has 158 valence electrons. The van der Waals surface area contributed by atoms with E-state index in [0.717, 1.165) is 27.6 Å². The highest BCUT2D eigenvalue weighted by molar-refractivity contribution is 5.83. The number of fused-ring (bicyclic) bond motifs is 2. The molecule has 2 heterocycles. The van der Waals surface area contributed by atoms with Crippen molar-refractivity contribution in [2.75, 3.05) is 0 Å². The van der Waals surface area contributed by atoms with Gasteiger partial charge >= 0.3 is 5.63 Å². The minimum absolute atomic E-state index is 0.0958. The van der Waals surface area contributed by atoms with Crippen LogP contribution < -0.4 is 15.8 Å². The van der Waals surface area contributed by atoms with Gasteiger partial charge in [0.15, 0.2) is 5.43 Å². The van der Waals surface area contributed by atoms with Crippen LogP contribution in [0.3, 0.4) is 0 Å². The van der Waals surface area contributed by atoms with Crippen LogP contribution in [0.25, 0.3) is 33.1 Å². The molecule has 5 nitrogen and oxygen atoms in total. The Hall–Kier alpha value is -4.12. The van der Waals surface area contributed by atoms with Crippen LogP contribution in [0.4, 0.5) is 0 Å². The molecule has 0 saturated carbocycles. The molecule has 0 amide bonds. The maximum absolute atomic E-state index is 12.9. The third-order valence-electron chi connectivity index (χ3n) is 5.67. The minimum Gasteiger partial charge on any atom is -0.489 e. The van der Waals surface area contributed by atoms with Gasteiger partial charge in [0.1, 0.15) is 29.8 Å². The molecule has 3 aromatic carbocycles. The second-order valence-electron chi connectivity index (χ2n) is 7.81. The van der Waals surface area contributed by atoms with Gasteiger partial charge in [0.05, 0.1) is 10.9 Å². The Morgan fingerprint density at radius 2 is 1.59 bits per heavy atom. The lowest BCUT2D eigenvalue weighted by atomic mass is 10.0. The van der Waals surface area contributed by atoms with Crippen LogP contribution in [0.5, 0.6) is 5.75 Å². The van der Waals surface area contributed by atoms with Crippen molar-refractivity contribution in [3.63, 3.8) is 0 Å². The SMILES string of the molecule is Cc1cc2oc(=O)cc(COc3ccc4c(=O)c(-c5ccccc5)coc4c3)c2cc1C. The predicted molar refractivity (Wildman–Crippen MR) is 124 cm³/mol. The Morgan fingerprint density at radius 3 is 2.41 bits per heavy atom. The summed E-state index contributed by atoms with van der Waals surface area (Å²) in [6, 6.07) is 19.8. The summed E-state index contributed by atoms with van der Waals surface area (Å²) in [5.41, 5.74) is 4.68. The molecule has 5 aromatic rings. The highest BCUT2D eigenvalue weighted by atomic mass is 16.5. The molecule has 2 aromatic heterocycles. The van der Waals surface area contributed by atoms with E-state index < -0.39 is 5.63 Å². The van der Waals surface area contributed by atoms with Gasteiger partial charge in [-0.2, -0.15) is 0 Å². The Balaban J connectivity index is 1.47. The average Bonchev–Trinajstić information content (AvgIpc) is 2.79. The number of benzene rings is 3. The van der Waals surface area contributed by atoms with Crippen LogP contribution in [0, 0.1) is 13.8 Å². The van der Waals surface area contributed by atoms with Crippen molar-refractivity contribution < 1.29 is 13.6 Å². The molecule has 0 unspecified atom stereocenters. The van der Waals surface area contributed by atoms with Crippen LogP contribution in [-0.4, -0.2) is 0 Å². The number of rotatable bonds is 4. The van der Waals surface area contributed by atoms with Crippen LogP contribution in [0.15, 0.2) is 91.4 Å². The maximum Gasteiger partial charge on any atom is 0.336 e. The van der Waals surface area contributed by atoms with E-state index in [1.54, 1.807) is 18.2 Å². The Bertz CT molecular complexity index is 1580. The molecule has 5 rings (SSSR count). The van der Waals surface area contributed by atoms with Crippen LogP contribution in [0.2, 0.25) is 0 Å². The van der Waals surface area contributed by atoms with Gasteiger partial charge in [0, 0.05) is 23.1 Å². The molecule has 0 radical (unpaired) electrons. The van der Waals surface area contributed by atoms with Crippen molar-refractivity contribution in [3.8, 4) is 16.9 Å². The molecular weight excluding hydrogens is 404 g/mol. The van der Waals surface area contributed by atoms with Crippen LogP contribution in [0.1, 0.15) is 16.7 Å². The largest absolute Gasteiger partial charge is 0.489 e. The van der Waals surface area contributed by atoms with Crippen molar-refractivity contribution >= 4 is 21.9 Å². The third kappa shape index (κ3) is 3.58. The molecule has 0 aliphatic rings. The summed E-state index contributed by atoms with van der Waals surface area (Å²) in [5, 5.41) is 1.32. The summed E-state index contributed by atoms with van der Waals surface area (Å²) in [4.78, 5) is 24.9. The Kier molecular flexibility index (Phi) is 4.86. The highest BCUT2D eigenvalue weighted by Crippen LogP contribution is 2.26. The maximum atomic E-state index is 12.9. The second-order valence-corrected chi connectivity index (χ2v) is 7.81. The topological polar surface area (TPSA) is 69.7 Å². The Morgan fingerprint density at radius 1 is 0.812 bits per heavy atom. The molecular formula is C27H20O5. The van der Waals surface area contributed by atoms with Gasteiger partial charge in [-0.1, -0.05) is 30.3 Å². The lowest BCUT2D eigenvalue weighted by Crippen LogP contribution is -2.06. The molecule has 0 aliphatic carbocycles. The fourth-order valence-electron chi connectivity index (χ4n) is 3.78. The number of ether oxygens (including phenoxy) is 1. The van der Waals surface area contributed by atoms with Gasteiger partial charge in [-0.15, -0.1) is 0 Å². The van der Waals surface area contributed by atoms with Crippen LogP contribution >= 0.6 is 0 Å². The smallest absolute Gasteiger partial charge is 0.336 e. The molecule has 0 aliphatic heterocycles. The van der Waals surface area contributed by atoms with Crippen molar-refractivity contribution in [2.45, 2.75) is 20.5 Å². The summed E-state index contributed by atoms with van der Waals surface area (Å²) in [5.74, 6) is 0.540. The van der Waals surface area contributed by atoms with Crippen molar-refractivity contribution in [1.29, 1.82) is 0 Å². The first-order chi connectivity index (χ1) is 15.5.